The molecule has 0 bridgehead atoms. The van der Waals surface area contributed by atoms with E-state index in [9.17, 15) is 24.5 Å². The topological polar surface area (TPSA) is 125 Å². The molecule has 244 valence electrons. The van der Waals surface area contributed by atoms with Crippen LogP contribution in [0.5, 0.6) is 0 Å². The van der Waals surface area contributed by atoms with E-state index >= 15 is 0 Å². The summed E-state index contributed by atoms with van der Waals surface area (Å²) in [6.45, 7) is 2.10. The summed E-state index contributed by atoms with van der Waals surface area (Å²) in [5, 5.41) is 13.7. The quantitative estimate of drug-likeness (QED) is 0.0543. The lowest BCUT2D eigenvalue weighted by Crippen LogP contribution is -2.71. The second kappa shape index (κ2) is 13.3. The third kappa shape index (κ3) is 5.69. The number of hydrogen-bond acceptors (Lipinski definition) is 8. The van der Waals surface area contributed by atoms with Crippen molar-refractivity contribution in [2.24, 2.45) is 5.92 Å². The Hall–Kier alpha value is -5.47. The van der Waals surface area contributed by atoms with Crippen molar-refractivity contribution in [1.82, 2.24) is 4.90 Å². The van der Waals surface area contributed by atoms with Crippen LogP contribution in [0, 0.1) is 16.0 Å². The number of carbonyl (C=O) groups excluding carboxylic acids is 3. The first-order valence-electron chi connectivity index (χ1n) is 15.3. The van der Waals surface area contributed by atoms with Crippen molar-refractivity contribution in [3.63, 3.8) is 0 Å². The summed E-state index contributed by atoms with van der Waals surface area (Å²) < 4.78 is 16.7. The molecule has 2 heterocycles. The van der Waals surface area contributed by atoms with Gasteiger partial charge in [-0.25, -0.2) is 9.59 Å². The number of likely N-dealkylation sites (tertiary alicyclic amines) is 1. The second-order valence-electron chi connectivity index (χ2n) is 11.7. The molecule has 3 atom stereocenters. The van der Waals surface area contributed by atoms with E-state index in [0.29, 0.717) is 12.0 Å². The highest BCUT2D eigenvalue weighted by atomic mass is 31.2. The second-order valence-corrected chi connectivity index (χ2v) is 15.0. The van der Waals surface area contributed by atoms with Crippen molar-refractivity contribution >= 4 is 51.9 Å². The molecule has 0 spiro atoms. The predicted octanol–water partition coefficient (Wildman–Crippen LogP) is 5.09. The van der Waals surface area contributed by atoms with Gasteiger partial charge in [-0.05, 0) is 47.0 Å². The predicted molar refractivity (Wildman–Crippen MR) is 183 cm³/mol. The van der Waals surface area contributed by atoms with E-state index < -0.39 is 47.4 Å². The van der Waals surface area contributed by atoms with Gasteiger partial charge in [0.15, 0.2) is 5.60 Å². The largest absolute Gasteiger partial charge is 0.509 e. The summed E-state index contributed by atoms with van der Waals surface area (Å²) in [5.74, 6) is -1.94. The van der Waals surface area contributed by atoms with Gasteiger partial charge in [-0.1, -0.05) is 97.1 Å². The molecular formula is C37H33N2O8P. The highest BCUT2D eigenvalue weighted by Crippen LogP contribution is 2.51. The summed E-state index contributed by atoms with van der Waals surface area (Å²) in [4.78, 5) is 53.8. The van der Waals surface area contributed by atoms with E-state index in [1.54, 1.807) is 13.0 Å². The average Bonchev–Trinajstić information content (AvgIpc) is 3.46. The Bertz CT molecular complexity index is 1810. The molecule has 0 aromatic heterocycles. The Morgan fingerprint density at radius 3 is 1.90 bits per heavy atom. The Labute approximate surface area is 277 Å². The van der Waals surface area contributed by atoms with Gasteiger partial charge < -0.3 is 19.1 Å². The zero-order valence-corrected chi connectivity index (χ0v) is 27.0. The minimum absolute atomic E-state index is 0.0888. The molecule has 2 saturated heterocycles. The van der Waals surface area contributed by atoms with Crippen molar-refractivity contribution in [3.8, 4) is 0 Å². The standard InChI is InChI=1S/C37H33N2O8P/c1-3-13-31-32(37(2)25-46-36(42)47-37)33(40)38(31)34(35(41)45-24-26-20-22-27(23-21-26)39(43)44)48(28-14-7-4-8-15-28,29-16-9-5-10-17-29)30-18-11-6-12-19-30/h3-12,14-23,31-32H,1,13,24-25H2,2H3. The van der Waals surface area contributed by atoms with Crippen LogP contribution < -0.4 is 15.9 Å². The van der Waals surface area contributed by atoms with E-state index in [2.05, 4.69) is 6.58 Å². The lowest BCUT2D eigenvalue weighted by molar-refractivity contribution is -0.384. The van der Waals surface area contributed by atoms with Crippen molar-refractivity contribution in [2.45, 2.75) is 31.6 Å². The highest BCUT2D eigenvalue weighted by Gasteiger charge is 2.63. The third-order valence-electron chi connectivity index (χ3n) is 8.76. The van der Waals surface area contributed by atoms with E-state index in [4.69, 9.17) is 14.2 Å². The minimum Gasteiger partial charge on any atom is -0.456 e. The van der Waals surface area contributed by atoms with Gasteiger partial charge >= 0.3 is 12.1 Å². The fraction of sp³-hybridized carbons (Fsp3) is 0.189. The molecule has 11 heteroatoms. The third-order valence-corrected chi connectivity index (χ3v) is 13.0. The molecule has 3 unspecified atom stereocenters. The number of hydrogen-bond donors (Lipinski definition) is 0. The SMILES string of the molecule is C=CCC1C(C2(C)COC(=O)O2)C(=O)N1C(C(=O)OCc1ccc([N+](=O)[O-])cc1)=P(c1ccccc1)(c1ccccc1)c1ccccc1. The van der Waals surface area contributed by atoms with E-state index in [-0.39, 0.29) is 24.3 Å². The van der Waals surface area contributed by atoms with Crippen LogP contribution >= 0.6 is 6.89 Å². The molecule has 48 heavy (non-hydrogen) atoms. The first-order chi connectivity index (χ1) is 23.2. The molecule has 4 aromatic rings. The van der Waals surface area contributed by atoms with Gasteiger partial charge in [0.2, 0.25) is 5.91 Å². The molecule has 10 nitrogen and oxygen atoms in total. The number of benzene rings is 4. The Morgan fingerprint density at radius 1 is 0.938 bits per heavy atom. The summed E-state index contributed by atoms with van der Waals surface area (Å²) >= 11 is 0. The molecule has 1 amide bonds. The molecule has 0 saturated carbocycles. The van der Waals surface area contributed by atoms with Crippen LogP contribution in [0.1, 0.15) is 18.9 Å². The molecule has 4 aromatic carbocycles. The number of esters is 1. The number of cyclic esters (lactones) is 2. The molecule has 0 aliphatic carbocycles. The molecule has 2 aliphatic heterocycles. The zero-order chi connectivity index (χ0) is 33.9. The van der Waals surface area contributed by atoms with Crippen molar-refractivity contribution in [1.29, 1.82) is 0 Å². The Morgan fingerprint density at radius 2 is 1.46 bits per heavy atom. The van der Waals surface area contributed by atoms with Gasteiger partial charge in [0, 0.05) is 19.0 Å². The van der Waals surface area contributed by atoms with Crippen LogP contribution in [0.2, 0.25) is 0 Å². The molecule has 0 N–H and O–H groups in total. The number of non-ortho nitro benzene ring substituents is 1. The summed E-state index contributed by atoms with van der Waals surface area (Å²) in [7, 11) is 0. The molecule has 2 fully saturated rings. The Kier molecular flexibility index (Phi) is 9.02. The number of β-lactam (4-membered cyclic amide) rings is 1. The highest BCUT2D eigenvalue weighted by molar-refractivity contribution is 7.96. The number of nitrogens with zero attached hydrogens (tertiary/aromatic N) is 2. The number of rotatable bonds is 11. The fourth-order valence-corrected chi connectivity index (χ4v) is 11.0. The van der Waals surface area contributed by atoms with Crippen molar-refractivity contribution in [3.05, 3.63) is 144 Å². The molecular weight excluding hydrogens is 631 g/mol. The number of carbonyl (C=O) groups is 3. The fourth-order valence-electron chi connectivity index (χ4n) is 6.58. The van der Waals surface area contributed by atoms with E-state index in [1.165, 1.54) is 29.2 Å². The summed E-state index contributed by atoms with van der Waals surface area (Å²) in [6, 6.07) is 33.9. The minimum atomic E-state index is -3.19. The molecule has 6 rings (SSSR count). The van der Waals surface area contributed by atoms with Gasteiger partial charge in [0.25, 0.3) is 5.69 Å². The van der Waals surface area contributed by atoms with Crippen LogP contribution in [0.3, 0.4) is 0 Å². The summed E-state index contributed by atoms with van der Waals surface area (Å²) in [5.41, 5.74) is -0.641. The van der Waals surface area contributed by atoms with Gasteiger partial charge in [-0.15, -0.1) is 6.58 Å². The lowest BCUT2D eigenvalue weighted by atomic mass is 9.74. The van der Waals surface area contributed by atoms with Gasteiger partial charge in [0.05, 0.1) is 11.0 Å². The normalized spacial score (nSPS) is 20.2. The van der Waals surface area contributed by atoms with Crippen LogP contribution in [0.15, 0.2) is 128 Å². The average molecular weight is 665 g/mol. The maximum Gasteiger partial charge on any atom is 0.509 e. The van der Waals surface area contributed by atoms with Crippen LogP contribution in [-0.2, 0) is 30.4 Å². The van der Waals surface area contributed by atoms with E-state index in [1.807, 2.05) is 91.0 Å². The number of nitro groups is 1. The Balaban J connectivity index is 1.62. The maximum atomic E-state index is 14.9. The van der Waals surface area contributed by atoms with Crippen molar-refractivity contribution < 1.29 is 33.5 Å². The van der Waals surface area contributed by atoms with Crippen molar-refractivity contribution in [2.75, 3.05) is 6.61 Å². The number of ether oxygens (including phenoxy) is 3. The monoisotopic (exact) mass is 664 g/mol. The van der Waals surface area contributed by atoms with Crippen LogP contribution in [-0.4, -0.2) is 51.5 Å². The smallest absolute Gasteiger partial charge is 0.456 e. The molecule has 2 aliphatic rings. The first kappa shape index (κ1) is 32.5. The number of nitro benzene ring substituents is 1. The molecule has 0 radical (unpaired) electrons. The van der Waals surface area contributed by atoms with Gasteiger partial charge in [-0.3, -0.25) is 14.9 Å². The zero-order valence-electron chi connectivity index (χ0n) is 26.1. The van der Waals surface area contributed by atoms with Crippen LogP contribution in [0.4, 0.5) is 10.5 Å². The van der Waals surface area contributed by atoms with Gasteiger partial charge in [0.1, 0.15) is 24.5 Å². The van der Waals surface area contributed by atoms with Gasteiger partial charge in [-0.2, -0.15) is 0 Å². The first-order valence-corrected chi connectivity index (χ1v) is 17.1. The number of amides is 1. The lowest BCUT2D eigenvalue weighted by Gasteiger charge is -2.53. The maximum absolute atomic E-state index is 14.9. The van der Waals surface area contributed by atoms with Crippen LogP contribution in [0.25, 0.3) is 0 Å². The van der Waals surface area contributed by atoms with E-state index in [0.717, 1.165) is 15.9 Å². The summed E-state index contributed by atoms with van der Waals surface area (Å²) in [6.07, 6.45) is 1.11.